The zero-order valence-corrected chi connectivity index (χ0v) is 18.5. The fourth-order valence-electron chi connectivity index (χ4n) is 2.93. The maximum atomic E-state index is 13.0. The number of hydrogen-bond acceptors (Lipinski definition) is 5. The van der Waals surface area contributed by atoms with Crippen LogP contribution < -0.4 is 5.32 Å². The topological polar surface area (TPSA) is 107 Å². The van der Waals surface area contributed by atoms with Crippen molar-refractivity contribution in [3.63, 3.8) is 0 Å². The average Bonchev–Trinajstić information content (AvgIpc) is 2.67. The van der Waals surface area contributed by atoms with Crippen LogP contribution in [0.3, 0.4) is 0 Å². The molecule has 1 heterocycles. The van der Waals surface area contributed by atoms with Crippen LogP contribution in [0.4, 0.5) is 13.2 Å². The molecule has 31 heavy (non-hydrogen) atoms. The zero-order chi connectivity index (χ0) is 23.8. The normalized spacial score (nSPS) is 14.7. The highest BCUT2D eigenvalue weighted by atomic mass is 32.2. The second kappa shape index (κ2) is 11.4. The molecule has 0 spiro atoms. The van der Waals surface area contributed by atoms with Crippen molar-refractivity contribution in [1.29, 1.82) is 0 Å². The number of nitrogens with one attached hydrogen (secondary N) is 1. The smallest absolute Gasteiger partial charge is 0.475 e. The van der Waals surface area contributed by atoms with Gasteiger partial charge < -0.3 is 15.3 Å². The van der Waals surface area contributed by atoms with Crippen molar-refractivity contribution in [2.45, 2.75) is 38.3 Å². The molecule has 0 bridgehead atoms. The van der Waals surface area contributed by atoms with Crippen molar-refractivity contribution < 1.29 is 36.3 Å². The van der Waals surface area contributed by atoms with Crippen LogP contribution >= 0.6 is 0 Å². The summed E-state index contributed by atoms with van der Waals surface area (Å²) < 4.78 is 59.1. The van der Waals surface area contributed by atoms with Crippen molar-refractivity contribution in [3.05, 3.63) is 29.3 Å². The van der Waals surface area contributed by atoms with Gasteiger partial charge in [-0.1, -0.05) is 24.6 Å². The predicted octanol–water partition coefficient (Wildman–Crippen LogP) is 1.77. The number of benzene rings is 1. The molecule has 12 heteroatoms. The minimum absolute atomic E-state index is 0.0938. The number of halogens is 3. The largest absolute Gasteiger partial charge is 0.490 e. The molecule has 8 nitrogen and oxygen atoms in total. The molecule has 1 fully saturated rings. The van der Waals surface area contributed by atoms with Crippen LogP contribution in [0, 0.1) is 13.8 Å². The minimum Gasteiger partial charge on any atom is -0.475 e. The van der Waals surface area contributed by atoms with Crippen LogP contribution in [0.5, 0.6) is 0 Å². The monoisotopic (exact) mass is 467 g/mol. The van der Waals surface area contributed by atoms with E-state index < -0.39 is 22.2 Å². The van der Waals surface area contributed by atoms with E-state index >= 15 is 0 Å². The van der Waals surface area contributed by atoms with Crippen LogP contribution in [0.15, 0.2) is 23.1 Å². The first-order chi connectivity index (χ1) is 14.3. The quantitative estimate of drug-likeness (QED) is 0.661. The number of sulfonamides is 1. The Bertz CT molecular complexity index is 869. The van der Waals surface area contributed by atoms with E-state index in [0.29, 0.717) is 31.6 Å². The molecule has 0 aromatic heterocycles. The van der Waals surface area contributed by atoms with E-state index in [1.165, 1.54) is 4.31 Å². The summed E-state index contributed by atoms with van der Waals surface area (Å²) in [6.07, 6.45) is -4.42. The standard InChI is InChI=1S/C17H27N3O3S.C2HF3O2/c1-4-9-20(13-17(21)19-10-7-18-8-11-19)24(22,23)16-6-5-14(2)12-15(16)3;3-2(4,5)1(6)7/h5-6,12,18H,4,7-11,13H2,1-3H3;(H,6,7). The van der Waals surface area contributed by atoms with Crippen molar-refractivity contribution in [1.82, 2.24) is 14.5 Å². The molecule has 176 valence electrons. The Morgan fingerprint density at radius 2 is 1.74 bits per heavy atom. The second-order valence-electron chi connectivity index (χ2n) is 7.04. The van der Waals surface area contributed by atoms with Crippen LogP contribution in [-0.2, 0) is 19.6 Å². The van der Waals surface area contributed by atoms with Crippen LogP contribution in [0.1, 0.15) is 24.5 Å². The molecule has 0 saturated carbocycles. The van der Waals surface area contributed by atoms with Crippen LogP contribution in [-0.4, -0.2) is 80.1 Å². The molecule has 0 aliphatic carbocycles. The lowest BCUT2D eigenvalue weighted by atomic mass is 10.2. The molecule has 2 N–H and O–H groups in total. The third kappa shape index (κ3) is 8.11. The number of aliphatic carboxylic acids is 1. The number of carbonyl (C=O) groups is 2. The van der Waals surface area contributed by atoms with Gasteiger partial charge in [-0.3, -0.25) is 4.79 Å². The molecule has 1 amide bonds. The van der Waals surface area contributed by atoms with Gasteiger partial charge in [-0.05, 0) is 31.9 Å². The first-order valence-corrected chi connectivity index (χ1v) is 11.1. The minimum atomic E-state index is -5.08. The number of carboxylic acid groups (broad SMARTS) is 1. The van der Waals surface area contributed by atoms with Crippen LogP contribution in [0.25, 0.3) is 0 Å². The lowest BCUT2D eigenvalue weighted by Crippen LogP contribution is -2.50. The Balaban J connectivity index is 0.000000592. The van der Waals surface area contributed by atoms with E-state index in [1.54, 1.807) is 24.0 Å². The molecule has 1 aliphatic heterocycles. The van der Waals surface area contributed by atoms with Gasteiger partial charge in [-0.15, -0.1) is 0 Å². The highest BCUT2D eigenvalue weighted by Crippen LogP contribution is 2.21. The summed E-state index contributed by atoms with van der Waals surface area (Å²) in [6, 6.07) is 5.29. The van der Waals surface area contributed by atoms with E-state index in [9.17, 15) is 26.4 Å². The summed E-state index contributed by atoms with van der Waals surface area (Å²) in [5.41, 5.74) is 1.73. The number of carbonyl (C=O) groups excluding carboxylic acids is 1. The number of piperazine rings is 1. The molecule has 2 rings (SSSR count). The van der Waals surface area contributed by atoms with Crippen molar-refractivity contribution in [2.75, 3.05) is 39.3 Å². The number of hydrogen-bond donors (Lipinski definition) is 2. The maximum Gasteiger partial charge on any atom is 0.490 e. The molecule has 0 unspecified atom stereocenters. The summed E-state index contributed by atoms with van der Waals surface area (Å²) in [4.78, 5) is 23.4. The molecule has 1 aromatic carbocycles. The van der Waals surface area contributed by atoms with E-state index in [4.69, 9.17) is 9.90 Å². The summed E-state index contributed by atoms with van der Waals surface area (Å²) in [6.45, 7) is 8.65. The Kier molecular flexibility index (Phi) is 9.91. The third-order valence-corrected chi connectivity index (χ3v) is 6.45. The number of carboxylic acids is 1. The Hall–Kier alpha value is -2.18. The number of aryl methyl sites for hydroxylation is 2. The van der Waals surface area contributed by atoms with Gasteiger partial charge in [0.25, 0.3) is 0 Å². The van der Waals surface area contributed by atoms with Crippen LogP contribution in [0.2, 0.25) is 0 Å². The molecule has 1 saturated heterocycles. The molecular weight excluding hydrogens is 439 g/mol. The molecule has 1 aromatic rings. The maximum absolute atomic E-state index is 13.0. The summed E-state index contributed by atoms with van der Waals surface area (Å²) in [5.74, 6) is -2.88. The van der Waals surface area contributed by atoms with Gasteiger partial charge in [0.15, 0.2) is 0 Å². The summed E-state index contributed by atoms with van der Waals surface area (Å²) in [7, 11) is -3.67. The van der Waals surface area contributed by atoms with Gasteiger partial charge in [0.1, 0.15) is 0 Å². The fourth-order valence-corrected chi connectivity index (χ4v) is 4.61. The highest BCUT2D eigenvalue weighted by Gasteiger charge is 2.38. The van der Waals surface area contributed by atoms with Gasteiger partial charge in [0.2, 0.25) is 15.9 Å². The summed E-state index contributed by atoms with van der Waals surface area (Å²) >= 11 is 0. The number of rotatable bonds is 6. The third-order valence-electron chi connectivity index (χ3n) is 4.45. The van der Waals surface area contributed by atoms with E-state index in [0.717, 1.165) is 18.7 Å². The van der Waals surface area contributed by atoms with E-state index in [2.05, 4.69) is 5.32 Å². The molecule has 0 radical (unpaired) electrons. The molecular formula is C19H28F3N3O5S. The fraction of sp³-hybridized carbons (Fsp3) is 0.579. The average molecular weight is 468 g/mol. The lowest BCUT2D eigenvalue weighted by Gasteiger charge is -2.30. The SMILES string of the molecule is CCCN(CC(=O)N1CCNCC1)S(=O)(=O)c1ccc(C)cc1C.O=C(O)C(F)(F)F. The zero-order valence-electron chi connectivity index (χ0n) is 17.7. The number of amides is 1. The van der Waals surface area contributed by atoms with Crippen molar-refractivity contribution >= 4 is 21.9 Å². The summed E-state index contributed by atoms with van der Waals surface area (Å²) in [5, 5.41) is 10.3. The number of nitrogens with zero attached hydrogens (tertiary/aromatic N) is 2. The van der Waals surface area contributed by atoms with Gasteiger partial charge in [0.05, 0.1) is 11.4 Å². The van der Waals surface area contributed by atoms with Crippen molar-refractivity contribution in [2.24, 2.45) is 0 Å². The first kappa shape index (κ1) is 26.9. The van der Waals surface area contributed by atoms with Crippen molar-refractivity contribution in [3.8, 4) is 0 Å². The molecule has 1 aliphatic rings. The Labute approximate surface area is 180 Å². The Morgan fingerprint density at radius 3 is 2.19 bits per heavy atom. The highest BCUT2D eigenvalue weighted by molar-refractivity contribution is 7.89. The van der Waals surface area contributed by atoms with E-state index in [1.807, 2.05) is 19.9 Å². The van der Waals surface area contributed by atoms with Gasteiger partial charge in [0, 0.05) is 32.7 Å². The van der Waals surface area contributed by atoms with Gasteiger partial charge in [-0.2, -0.15) is 17.5 Å². The second-order valence-corrected chi connectivity index (χ2v) is 8.95. The first-order valence-electron chi connectivity index (χ1n) is 9.66. The molecule has 0 atom stereocenters. The lowest BCUT2D eigenvalue weighted by molar-refractivity contribution is -0.192. The van der Waals surface area contributed by atoms with Gasteiger partial charge in [-0.25, -0.2) is 13.2 Å². The predicted molar refractivity (Wildman–Crippen MR) is 108 cm³/mol. The van der Waals surface area contributed by atoms with Gasteiger partial charge >= 0.3 is 12.1 Å². The number of alkyl halides is 3. The Morgan fingerprint density at radius 1 is 1.19 bits per heavy atom. The van der Waals surface area contributed by atoms with E-state index in [-0.39, 0.29) is 17.3 Å².